The lowest BCUT2D eigenvalue weighted by Crippen LogP contribution is -2.48. The van der Waals surface area contributed by atoms with Crippen molar-refractivity contribution in [1.82, 2.24) is 10.2 Å². The Morgan fingerprint density at radius 3 is 2.32 bits per heavy atom. The molecule has 0 saturated heterocycles. The van der Waals surface area contributed by atoms with Crippen LogP contribution in [0.2, 0.25) is 0 Å². The fourth-order valence-corrected chi connectivity index (χ4v) is 2.77. The molecule has 2 amide bonds. The minimum Gasteiger partial charge on any atom is -0.357 e. The van der Waals surface area contributed by atoms with Crippen molar-refractivity contribution in [2.45, 2.75) is 32.4 Å². The highest BCUT2D eigenvalue weighted by Gasteiger charge is 2.28. The molecule has 0 unspecified atom stereocenters. The highest BCUT2D eigenvalue weighted by Crippen LogP contribution is 2.15. The van der Waals surface area contributed by atoms with Crippen LogP contribution < -0.4 is 5.32 Å². The summed E-state index contributed by atoms with van der Waals surface area (Å²) >= 11 is 0. The second-order valence-electron chi connectivity index (χ2n) is 5.81. The van der Waals surface area contributed by atoms with Crippen LogP contribution in [-0.2, 0) is 22.6 Å². The Bertz CT molecular complexity index is 719. The maximum atomic E-state index is 13.9. The highest BCUT2D eigenvalue weighted by atomic mass is 19.1. The smallest absolute Gasteiger partial charge is 0.242 e. The lowest BCUT2D eigenvalue weighted by molar-refractivity contribution is -0.140. The molecule has 1 atom stereocenters. The van der Waals surface area contributed by atoms with E-state index in [1.54, 1.807) is 25.2 Å². The van der Waals surface area contributed by atoms with Gasteiger partial charge in [0, 0.05) is 13.6 Å². The number of hydrogen-bond acceptors (Lipinski definition) is 2. The molecule has 0 aliphatic rings. The van der Waals surface area contributed by atoms with Crippen molar-refractivity contribution in [3.63, 3.8) is 0 Å². The van der Waals surface area contributed by atoms with Crippen molar-refractivity contribution >= 4 is 11.8 Å². The number of benzene rings is 2. The van der Waals surface area contributed by atoms with Crippen molar-refractivity contribution in [3.8, 4) is 0 Å². The summed E-state index contributed by atoms with van der Waals surface area (Å²) in [7, 11) is 1.55. The van der Waals surface area contributed by atoms with Gasteiger partial charge in [-0.15, -0.1) is 0 Å². The van der Waals surface area contributed by atoms with Gasteiger partial charge in [0.25, 0.3) is 0 Å². The Balaban J connectivity index is 2.27. The lowest BCUT2D eigenvalue weighted by Gasteiger charge is -2.30. The van der Waals surface area contributed by atoms with E-state index in [-0.39, 0.29) is 18.2 Å². The van der Waals surface area contributed by atoms with Gasteiger partial charge >= 0.3 is 0 Å². The third-order valence-corrected chi connectivity index (χ3v) is 4.13. The van der Waals surface area contributed by atoms with Crippen LogP contribution >= 0.6 is 0 Å². The van der Waals surface area contributed by atoms with Gasteiger partial charge in [0.1, 0.15) is 11.9 Å². The van der Waals surface area contributed by atoms with E-state index in [4.69, 9.17) is 0 Å². The van der Waals surface area contributed by atoms with Crippen molar-refractivity contribution in [3.05, 3.63) is 71.5 Å². The molecule has 0 bridgehead atoms. The van der Waals surface area contributed by atoms with Gasteiger partial charge in [-0.2, -0.15) is 0 Å². The van der Waals surface area contributed by atoms with Gasteiger partial charge in [-0.1, -0.05) is 55.5 Å². The first kappa shape index (κ1) is 18.6. The van der Waals surface area contributed by atoms with Crippen molar-refractivity contribution < 1.29 is 14.0 Å². The average molecular weight is 342 g/mol. The maximum absolute atomic E-state index is 13.9. The third-order valence-electron chi connectivity index (χ3n) is 4.13. The molecule has 2 rings (SSSR count). The molecule has 5 heteroatoms. The summed E-state index contributed by atoms with van der Waals surface area (Å²) in [5, 5.41) is 2.61. The fourth-order valence-electron chi connectivity index (χ4n) is 2.77. The Morgan fingerprint density at radius 2 is 1.72 bits per heavy atom. The zero-order chi connectivity index (χ0) is 18.2. The van der Waals surface area contributed by atoms with Gasteiger partial charge in [0.05, 0.1) is 6.42 Å². The fraction of sp³-hybridized carbons (Fsp3) is 0.300. The van der Waals surface area contributed by atoms with E-state index in [9.17, 15) is 14.0 Å². The number of nitrogens with one attached hydrogen (secondary N) is 1. The van der Waals surface area contributed by atoms with Crippen LogP contribution in [0.25, 0.3) is 0 Å². The number of halogens is 1. The molecule has 0 radical (unpaired) electrons. The standard InChI is InChI=1S/C20H23FN2O2/c1-3-18(20(25)22-2)23(14-15-9-5-4-6-10-15)19(24)13-16-11-7-8-12-17(16)21/h4-12,18H,3,13-14H2,1-2H3,(H,22,25)/t18-/m0/s1. The molecule has 0 aromatic heterocycles. The SMILES string of the molecule is CC[C@@H](C(=O)NC)N(Cc1ccccc1)C(=O)Cc1ccccc1F. The number of likely N-dealkylation sites (N-methyl/N-ethyl adjacent to an activating group) is 1. The molecule has 0 fully saturated rings. The highest BCUT2D eigenvalue weighted by molar-refractivity contribution is 5.88. The van der Waals surface area contributed by atoms with E-state index in [2.05, 4.69) is 5.32 Å². The normalized spacial score (nSPS) is 11.6. The minimum absolute atomic E-state index is 0.0764. The number of amides is 2. The second kappa shape index (κ2) is 8.97. The Kier molecular flexibility index (Phi) is 6.69. The van der Waals surface area contributed by atoms with E-state index in [0.717, 1.165) is 5.56 Å². The average Bonchev–Trinajstić information content (AvgIpc) is 2.64. The molecule has 0 aliphatic heterocycles. The second-order valence-corrected chi connectivity index (χ2v) is 5.81. The molecule has 4 nitrogen and oxygen atoms in total. The number of carbonyl (C=O) groups excluding carboxylic acids is 2. The van der Waals surface area contributed by atoms with Crippen LogP contribution in [0.3, 0.4) is 0 Å². The van der Waals surface area contributed by atoms with Crippen molar-refractivity contribution in [2.75, 3.05) is 7.05 Å². The van der Waals surface area contributed by atoms with Crippen molar-refractivity contribution in [2.24, 2.45) is 0 Å². The Labute approximate surface area is 147 Å². The van der Waals surface area contributed by atoms with E-state index >= 15 is 0 Å². The van der Waals surface area contributed by atoms with Gasteiger partial charge < -0.3 is 10.2 Å². The zero-order valence-electron chi connectivity index (χ0n) is 14.5. The van der Waals surface area contributed by atoms with E-state index < -0.39 is 11.9 Å². The zero-order valence-corrected chi connectivity index (χ0v) is 14.5. The molecule has 0 heterocycles. The molecule has 1 N–H and O–H groups in total. The molecule has 2 aromatic rings. The largest absolute Gasteiger partial charge is 0.357 e. The quantitative estimate of drug-likeness (QED) is 0.841. The number of nitrogens with zero attached hydrogens (tertiary/aromatic N) is 1. The van der Waals surface area contributed by atoms with Gasteiger partial charge in [0.15, 0.2) is 0 Å². The van der Waals surface area contributed by atoms with Crippen molar-refractivity contribution in [1.29, 1.82) is 0 Å². The summed E-state index contributed by atoms with van der Waals surface area (Å²) in [4.78, 5) is 26.6. The number of carbonyl (C=O) groups is 2. The van der Waals surface area contributed by atoms with Crippen LogP contribution in [0.15, 0.2) is 54.6 Å². The van der Waals surface area contributed by atoms with Crippen LogP contribution in [0.1, 0.15) is 24.5 Å². The molecule has 0 spiro atoms. The van der Waals surface area contributed by atoms with Gasteiger partial charge in [0.2, 0.25) is 11.8 Å². The summed E-state index contributed by atoms with van der Waals surface area (Å²) in [6.45, 7) is 2.16. The summed E-state index contributed by atoms with van der Waals surface area (Å²) < 4.78 is 13.9. The summed E-state index contributed by atoms with van der Waals surface area (Å²) in [6.07, 6.45) is 0.405. The van der Waals surface area contributed by atoms with Crippen LogP contribution in [0.5, 0.6) is 0 Å². The molecular weight excluding hydrogens is 319 g/mol. The first-order chi connectivity index (χ1) is 12.1. The molecule has 25 heavy (non-hydrogen) atoms. The third kappa shape index (κ3) is 4.89. The lowest BCUT2D eigenvalue weighted by atomic mass is 10.1. The number of rotatable bonds is 7. The van der Waals surface area contributed by atoms with Crippen LogP contribution in [0.4, 0.5) is 4.39 Å². The predicted molar refractivity (Wildman–Crippen MR) is 95.2 cm³/mol. The maximum Gasteiger partial charge on any atom is 0.242 e. The monoisotopic (exact) mass is 342 g/mol. The first-order valence-electron chi connectivity index (χ1n) is 8.35. The van der Waals surface area contributed by atoms with E-state index in [1.165, 1.54) is 11.0 Å². The summed E-state index contributed by atoms with van der Waals surface area (Å²) in [6, 6.07) is 15.1. The summed E-state index contributed by atoms with van der Waals surface area (Å²) in [5.74, 6) is -0.909. The molecule has 0 aliphatic carbocycles. The van der Waals surface area contributed by atoms with Crippen LogP contribution in [-0.4, -0.2) is 29.8 Å². The topological polar surface area (TPSA) is 49.4 Å². The first-order valence-corrected chi connectivity index (χ1v) is 8.35. The van der Waals surface area contributed by atoms with Gasteiger partial charge in [-0.05, 0) is 23.6 Å². The Morgan fingerprint density at radius 1 is 1.08 bits per heavy atom. The van der Waals surface area contributed by atoms with Crippen LogP contribution in [0, 0.1) is 5.82 Å². The van der Waals surface area contributed by atoms with Gasteiger partial charge in [-0.3, -0.25) is 9.59 Å². The van der Waals surface area contributed by atoms with Gasteiger partial charge in [-0.25, -0.2) is 4.39 Å². The minimum atomic E-state index is -0.593. The Hall–Kier alpha value is -2.69. The molecule has 2 aromatic carbocycles. The summed E-state index contributed by atoms with van der Waals surface area (Å²) in [5.41, 5.74) is 1.25. The molecule has 132 valence electrons. The van der Waals surface area contributed by atoms with E-state index in [1.807, 2.05) is 37.3 Å². The predicted octanol–water partition coefficient (Wildman–Crippen LogP) is 2.92. The molecule has 0 saturated carbocycles. The van der Waals surface area contributed by atoms with E-state index in [0.29, 0.717) is 18.5 Å². The molecular formula is C20H23FN2O2. The number of hydrogen-bond donors (Lipinski definition) is 1.